The molecule has 0 bridgehead atoms. The number of Topliss-reactive ketones (excluding diaryl/α,β-unsaturated/α-hetero) is 1. The minimum absolute atomic E-state index is 0.0401. The molecular formula is C14H15ClF2O3. The summed E-state index contributed by atoms with van der Waals surface area (Å²) in [6.07, 6.45) is 1.29. The van der Waals surface area contributed by atoms with Crippen LogP contribution in [0.25, 0.3) is 0 Å². The Balaban J connectivity index is 2.48. The fourth-order valence-corrected chi connectivity index (χ4v) is 1.91. The van der Waals surface area contributed by atoms with Crippen LogP contribution in [0.3, 0.4) is 0 Å². The Hall–Kier alpha value is -1.49. The number of rotatable bonds is 7. The first-order chi connectivity index (χ1) is 9.45. The van der Waals surface area contributed by atoms with E-state index in [1.165, 1.54) is 0 Å². The van der Waals surface area contributed by atoms with Gasteiger partial charge in [-0.25, -0.2) is 8.78 Å². The van der Waals surface area contributed by atoms with Crippen LogP contribution in [0.5, 0.6) is 0 Å². The number of halogens is 3. The maximum atomic E-state index is 13.1. The van der Waals surface area contributed by atoms with Crippen molar-refractivity contribution >= 4 is 23.4 Å². The summed E-state index contributed by atoms with van der Waals surface area (Å²) in [6, 6.07) is 1.58. The molecule has 1 rings (SSSR count). The van der Waals surface area contributed by atoms with Gasteiger partial charge in [0.2, 0.25) is 0 Å². The summed E-state index contributed by atoms with van der Waals surface area (Å²) in [5.41, 5.74) is -0.0401. The van der Waals surface area contributed by atoms with Gasteiger partial charge in [0.25, 0.3) is 0 Å². The van der Waals surface area contributed by atoms with Crippen molar-refractivity contribution in [3.63, 3.8) is 0 Å². The smallest absolute Gasteiger partial charge is 0.305 e. The minimum atomic E-state index is -1.11. The van der Waals surface area contributed by atoms with E-state index >= 15 is 0 Å². The standard InChI is InChI=1S/C14H15ClF2O3/c1-2-20-14(19)6-4-3-5-13(18)9-7-11(16)12(17)8-10(9)15/h7-8H,2-6H2,1H3. The van der Waals surface area contributed by atoms with Gasteiger partial charge in [0, 0.05) is 18.4 Å². The van der Waals surface area contributed by atoms with Gasteiger partial charge in [0.15, 0.2) is 17.4 Å². The fraction of sp³-hybridized carbons (Fsp3) is 0.429. The van der Waals surface area contributed by atoms with Crippen LogP contribution in [-0.2, 0) is 9.53 Å². The summed E-state index contributed by atoms with van der Waals surface area (Å²) in [4.78, 5) is 22.9. The van der Waals surface area contributed by atoms with Crippen LogP contribution in [0, 0.1) is 11.6 Å². The van der Waals surface area contributed by atoms with Gasteiger partial charge in [-0.3, -0.25) is 9.59 Å². The van der Waals surface area contributed by atoms with E-state index in [-0.39, 0.29) is 35.2 Å². The predicted molar refractivity (Wildman–Crippen MR) is 70.8 cm³/mol. The third kappa shape index (κ3) is 4.89. The Morgan fingerprint density at radius 3 is 2.40 bits per heavy atom. The molecule has 0 aromatic heterocycles. The van der Waals surface area contributed by atoms with Crippen molar-refractivity contribution in [3.8, 4) is 0 Å². The molecule has 20 heavy (non-hydrogen) atoms. The van der Waals surface area contributed by atoms with Crippen molar-refractivity contribution in [1.82, 2.24) is 0 Å². The van der Waals surface area contributed by atoms with Crippen molar-refractivity contribution in [2.45, 2.75) is 32.6 Å². The van der Waals surface area contributed by atoms with Gasteiger partial charge in [-0.15, -0.1) is 0 Å². The zero-order valence-electron chi connectivity index (χ0n) is 11.0. The lowest BCUT2D eigenvalue weighted by molar-refractivity contribution is -0.143. The molecule has 0 aliphatic heterocycles. The van der Waals surface area contributed by atoms with Crippen LogP contribution in [-0.4, -0.2) is 18.4 Å². The van der Waals surface area contributed by atoms with Gasteiger partial charge in [0.1, 0.15) is 0 Å². The maximum absolute atomic E-state index is 13.1. The molecular weight excluding hydrogens is 290 g/mol. The summed E-state index contributed by atoms with van der Waals surface area (Å²) in [5, 5.41) is -0.112. The average Bonchev–Trinajstić information content (AvgIpc) is 2.39. The molecule has 6 heteroatoms. The predicted octanol–water partition coefficient (Wildman–Crippen LogP) is 3.92. The number of hydrogen-bond donors (Lipinski definition) is 0. The van der Waals surface area contributed by atoms with E-state index in [0.29, 0.717) is 19.4 Å². The number of hydrogen-bond acceptors (Lipinski definition) is 3. The fourth-order valence-electron chi connectivity index (χ4n) is 1.66. The molecule has 0 amide bonds. The van der Waals surface area contributed by atoms with E-state index in [4.69, 9.17) is 16.3 Å². The van der Waals surface area contributed by atoms with Gasteiger partial charge < -0.3 is 4.74 Å². The van der Waals surface area contributed by atoms with Gasteiger partial charge in [-0.2, -0.15) is 0 Å². The first-order valence-electron chi connectivity index (χ1n) is 6.29. The molecule has 0 fully saturated rings. The van der Waals surface area contributed by atoms with E-state index in [2.05, 4.69) is 0 Å². The topological polar surface area (TPSA) is 43.4 Å². The number of benzene rings is 1. The van der Waals surface area contributed by atoms with Crippen LogP contribution in [0.15, 0.2) is 12.1 Å². The Morgan fingerprint density at radius 2 is 1.75 bits per heavy atom. The monoisotopic (exact) mass is 304 g/mol. The third-order valence-corrected chi connectivity index (χ3v) is 2.96. The summed E-state index contributed by atoms with van der Waals surface area (Å²) >= 11 is 5.70. The van der Waals surface area contributed by atoms with Crippen LogP contribution >= 0.6 is 11.6 Å². The van der Waals surface area contributed by atoms with Crippen molar-refractivity contribution in [2.24, 2.45) is 0 Å². The van der Waals surface area contributed by atoms with Crippen LogP contribution in [0.2, 0.25) is 5.02 Å². The van der Waals surface area contributed by atoms with E-state index < -0.39 is 11.6 Å². The highest BCUT2D eigenvalue weighted by Crippen LogP contribution is 2.22. The molecule has 0 spiro atoms. The normalized spacial score (nSPS) is 10.4. The molecule has 0 aliphatic carbocycles. The first-order valence-corrected chi connectivity index (χ1v) is 6.66. The molecule has 1 aromatic rings. The molecule has 0 aliphatic rings. The minimum Gasteiger partial charge on any atom is -0.466 e. The third-order valence-electron chi connectivity index (χ3n) is 2.65. The molecule has 0 heterocycles. The quantitative estimate of drug-likeness (QED) is 0.332. The second-order valence-corrected chi connectivity index (χ2v) is 4.59. The van der Waals surface area contributed by atoms with Crippen molar-refractivity contribution in [2.75, 3.05) is 6.61 Å². The van der Waals surface area contributed by atoms with E-state index in [1.807, 2.05) is 0 Å². The molecule has 3 nitrogen and oxygen atoms in total. The van der Waals surface area contributed by atoms with Gasteiger partial charge in [0.05, 0.1) is 11.6 Å². The lowest BCUT2D eigenvalue weighted by Crippen LogP contribution is -2.05. The summed E-state index contributed by atoms with van der Waals surface area (Å²) in [7, 11) is 0. The van der Waals surface area contributed by atoms with Crippen LogP contribution in [0.4, 0.5) is 8.78 Å². The number of ether oxygens (including phenoxy) is 1. The maximum Gasteiger partial charge on any atom is 0.305 e. The molecule has 1 aromatic carbocycles. The Morgan fingerprint density at radius 1 is 1.15 bits per heavy atom. The lowest BCUT2D eigenvalue weighted by Gasteiger charge is -2.05. The number of unbranched alkanes of at least 4 members (excludes halogenated alkanes) is 1. The molecule has 110 valence electrons. The van der Waals surface area contributed by atoms with Crippen molar-refractivity contribution in [3.05, 3.63) is 34.4 Å². The zero-order chi connectivity index (χ0) is 15.1. The van der Waals surface area contributed by atoms with Gasteiger partial charge >= 0.3 is 5.97 Å². The summed E-state index contributed by atoms with van der Waals surface area (Å²) in [5.74, 6) is -2.89. The molecule has 0 atom stereocenters. The molecule has 0 N–H and O–H groups in total. The Kier molecular flexibility index (Phi) is 6.58. The summed E-state index contributed by atoms with van der Waals surface area (Å²) in [6.45, 7) is 2.04. The molecule has 0 unspecified atom stereocenters. The largest absolute Gasteiger partial charge is 0.466 e. The second-order valence-electron chi connectivity index (χ2n) is 4.18. The van der Waals surface area contributed by atoms with Crippen LogP contribution in [0.1, 0.15) is 43.0 Å². The second kappa shape index (κ2) is 7.94. The van der Waals surface area contributed by atoms with Crippen molar-refractivity contribution < 1.29 is 23.1 Å². The highest BCUT2D eigenvalue weighted by atomic mass is 35.5. The van der Waals surface area contributed by atoms with E-state index in [1.54, 1.807) is 6.92 Å². The first kappa shape index (κ1) is 16.6. The lowest BCUT2D eigenvalue weighted by atomic mass is 10.0. The highest BCUT2D eigenvalue weighted by molar-refractivity contribution is 6.33. The van der Waals surface area contributed by atoms with Crippen LogP contribution < -0.4 is 0 Å². The van der Waals surface area contributed by atoms with E-state index in [9.17, 15) is 18.4 Å². The Bertz CT molecular complexity index is 503. The summed E-state index contributed by atoms with van der Waals surface area (Å²) < 4.78 is 30.7. The number of ketones is 1. The molecule has 0 saturated carbocycles. The molecule has 0 radical (unpaired) electrons. The SMILES string of the molecule is CCOC(=O)CCCCC(=O)c1cc(F)c(F)cc1Cl. The molecule has 0 saturated heterocycles. The van der Waals surface area contributed by atoms with Crippen molar-refractivity contribution in [1.29, 1.82) is 0 Å². The van der Waals surface area contributed by atoms with Gasteiger partial charge in [-0.1, -0.05) is 11.6 Å². The average molecular weight is 305 g/mol. The van der Waals surface area contributed by atoms with E-state index in [0.717, 1.165) is 12.1 Å². The highest BCUT2D eigenvalue weighted by Gasteiger charge is 2.14. The Labute approximate surface area is 120 Å². The number of esters is 1. The number of carbonyl (C=O) groups is 2. The zero-order valence-corrected chi connectivity index (χ0v) is 11.8. The van der Waals surface area contributed by atoms with Gasteiger partial charge in [-0.05, 0) is 31.9 Å². The number of carbonyl (C=O) groups excluding carboxylic acids is 2.